The molecule has 2 aliphatic heterocycles. The zero-order chi connectivity index (χ0) is 47.2. The second-order valence-electron chi connectivity index (χ2n) is 20.0. The van der Waals surface area contributed by atoms with Crippen molar-refractivity contribution in [3.63, 3.8) is 0 Å². The van der Waals surface area contributed by atoms with Crippen LogP contribution in [0.3, 0.4) is 0 Å². The highest BCUT2D eigenvalue weighted by molar-refractivity contribution is 6.30. The molecule has 4 aliphatic rings. The van der Waals surface area contributed by atoms with Gasteiger partial charge in [-0.05, 0) is 137 Å². The largest absolute Gasteiger partial charge is 0.444 e. The first kappa shape index (κ1) is 51.7. The van der Waals surface area contributed by atoms with Crippen molar-refractivity contribution in [1.82, 2.24) is 15.1 Å². The summed E-state index contributed by atoms with van der Waals surface area (Å²) in [6.45, 7) is 9.35. The van der Waals surface area contributed by atoms with Gasteiger partial charge in [0.25, 0.3) is 0 Å². The number of benzene rings is 2. The fraction of sp³-hybridized carbons (Fsp3) is 0.653. The van der Waals surface area contributed by atoms with Crippen molar-refractivity contribution >= 4 is 53.0 Å². The third-order valence-corrected chi connectivity index (χ3v) is 14.8. The van der Waals surface area contributed by atoms with E-state index in [1.807, 2.05) is 46.2 Å². The van der Waals surface area contributed by atoms with Gasteiger partial charge in [-0.25, -0.2) is 4.79 Å². The summed E-state index contributed by atoms with van der Waals surface area (Å²) in [6, 6.07) is 13.6. The molecule has 11 N–H and O–H groups in total. The molecule has 0 spiro atoms. The molecule has 4 fully saturated rings. The van der Waals surface area contributed by atoms with Crippen LogP contribution in [0.15, 0.2) is 58.5 Å². The van der Waals surface area contributed by atoms with E-state index in [-0.39, 0.29) is 34.6 Å². The number of piperidine rings is 2. The van der Waals surface area contributed by atoms with Crippen LogP contribution in [0.1, 0.15) is 122 Å². The summed E-state index contributed by atoms with van der Waals surface area (Å²) in [7, 11) is 0. The summed E-state index contributed by atoms with van der Waals surface area (Å²) in [4.78, 5) is 51.8. The van der Waals surface area contributed by atoms with Gasteiger partial charge in [0.15, 0.2) is 11.9 Å². The van der Waals surface area contributed by atoms with E-state index in [0.717, 1.165) is 49.9 Å². The molecule has 0 unspecified atom stereocenters. The molecule has 65 heavy (non-hydrogen) atoms. The number of guanidine groups is 2. The Labute approximate surface area is 397 Å². The number of carbonyl (C=O) groups is 3. The lowest BCUT2D eigenvalue weighted by atomic mass is 9.63. The number of nitrogens with two attached hydrogens (primary N) is 5. The van der Waals surface area contributed by atoms with Crippen molar-refractivity contribution in [2.45, 2.75) is 141 Å². The van der Waals surface area contributed by atoms with E-state index < -0.39 is 23.8 Å². The number of halogens is 2. The Kier molecular flexibility index (Phi) is 19.1. The number of ether oxygens (including phenoxy) is 1. The number of amides is 3. The Morgan fingerprint density at radius 3 is 1.43 bits per heavy atom. The predicted molar refractivity (Wildman–Crippen MR) is 262 cm³/mol. The molecule has 16 heteroatoms. The third-order valence-electron chi connectivity index (χ3n) is 14.3. The van der Waals surface area contributed by atoms with Crippen molar-refractivity contribution in [1.29, 1.82) is 0 Å². The topological polar surface area (TPSA) is 234 Å². The second-order valence-corrected chi connectivity index (χ2v) is 20.9. The number of nitrogens with zero attached hydrogens (tertiary/aromatic N) is 4. The van der Waals surface area contributed by atoms with E-state index in [4.69, 9.17) is 56.6 Å². The summed E-state index contributed by atoms with van der Waals surface area (Å²) >= 11 is 12.0. The average molecular weight is 940 g/mol. The maximum atomic E-state index is 13.7. The van der Waals surface area contributed by atoms with Crippen LogP contribution in [0.5, 0.6) is 0 Å². The monoisotopic (exact) mass is 939 g/mol. The Balaban J connectivity index is 0.000000250. The molecule has 2 atom stereocenters. The fourth-order valence-corrected chi connectivity index (χ4v) is 10.8. The molecular weight excluding hydrogens is 864 g/mol. The highest BCUT2D eigenvalue weighted by Gasteiger charge is 2.45. The quantitative estimate of drug-likeness (QED) is 0.0903. The zero-order valence-electron chi connectivity index (χ0n) is 39.0. The number of likely N-dealkylation sites (tertiary alicyclic amines) is 2. The average Bonchev–Trinajstić information content (AvgIpc) is 3.29. The van der Waals surface area contributed by atoms with Gasteiger partial charge < -0.3 is 48.5 Å². The number of nitrogens with one attached hydrogen (secondary N) is 1. The highest BCUT2D eigenvalue weighted by atomic mass is 35.5. The summed E-state index contributed by atoms with van der Waals surface area (Å²) in [5.41, 5.74) is 30.3. The zero-order valence-corrected chi connectivity index (χ0v) is 40.6. The van der Waals surface area contributed by atoms with Crippen molar-refractivity contribution in [3.8, 4) is 0 Å². The Hall–Kier alpha value is -4.27. The normalized spacial score (nSPS) is 20.0. The molecule has 2 aliphatic carbocycles. The number of alkyl carbamates (subject to hydrolysis) is 1. The number of hydrogen-bond acceptors (Lipinski definition) is 7. The highest BCUT2D eigenvalue weighted by Crippen LogP contribution is 2.47. The smallest absolute Gasteiger partial charge is 0.408 e. The lowest BCUT2D eigenvalue weighted by Gasteiger charge is -2.47. The minimum absolute atomic E-state index is 0.00542. The van der Waals surface area contributed by atoms with Crippen molar-refractivity contribution in [3.05, 3.63) is 69.7 Å². The second kappa shape index (κ2) is 24.0. The number of rotatable bonds is 13. The Morgan fingerprint density at radius 2 is 1.05 bits per heavy atom. The minimum atomic E-state index is -0.735. The molecule has 2 aromatic carbocycles. The van der Waals surface area contributed by atoms with Crippen LogP contribution < -0.4 is 34.0 Å². The van der Waals surface area contributed by atoms with E-state index in [9.17, 15) is 14.4 Å². The van der Waals surface area contributed by atoms with Gasteiger partial charge in [-0.2, -0.15) is 0 Å². The maximum Gasteiger partial charge on any atom is 0.408 e. The number of carbonyl (C=O) groups excluding carboxylic acids is 3. The third kappa shape index (κ3) is 15.7. The standard InChI is InChI=1S/C27H42ClN5O3.C22H34ClN5O/c1-26(2,3)36-25(35)32-22(17-19-9-11-21(28)12-10-19)23(34)33-15-13-27(14-16-33,18-31-24(29)30)20-7-5-4-6-8-20;23-18-8-6-16(7-9-18)14-19(24)20(29)28-12-10-22(11-13-28,15-27-21(25)26)17-4-2-1-3-5-17/h9-12,20,22H,4-8,13-18H2,1-3H3,(H,32,35)(H4,29,30,31);6-9,17,19H,1-5,10-15,24H2,(H4,25,26,27)/t22-;19-/m11/s1. The van der Waals surface area contributed by atoms with Crippen LogP contribution in [0.2, 0.25) is 10.0 Å². The van der Waals surface area contributed by atoms with Gasteiger partial charge in [0, 0.05) is 55.7 Å². The number of aliphatic imine (C=N–C) groups is 2. The molecule has 0 bridgehead atoms. The maximum absolute atomic E-state index is 13.7. The van der Waals surface area contributed by atoms with E-state index in [0.29, 0.717) is 60.9 Å². The summed E-state index contributed by atoms with van der Waals surface area (Å²) in [5, 5.41) is 4.13. The molecule has 0 radical (unpaired) electrons. The van der Waals surface area contributed by atoms with Crippen LogP contribution >= 0.6 is 23.2 Å². The molecule has 0 aromatic heterocycles. The fourth-order valence-electron chi connectivity index (χ4n) is 10.6. The van der Waals surface area contributed by atoms with Gasteiger partial charge >= 0.3 is 6.09 Å². The lowest BCUT2D eigenvalue weighted by molar-refractivity contribution is -0.137. The Morgan fingerprint density at radius 1 is 0.662 bits per heavy atom. The molecule has 14 nitrogen and oxygen atoms in total. The van der Waals surface area contributed by atoms with E-state index in [1.54, 1.807) is 32.9 Å². The summed E-state index contributed by atoms with van der Waals surface area (Å²) < 4.78 is 5.45. The van der Waals surface area contributed by atoms with E-state index in [1.165, 1.54) is 64.2 Å². The van der Waals surface area contributed by atoms with Crippen LogP contribution in [0.25, 0.3) is 0 Å². The van der Waals surface area contributed by atoms with Crippen LogP contribution in [-0.2, 0) is 27.2 Å². The Bertz CT molecular complexity index is 1890. The van der Waals surface area contributed by atoms with Gasteiger partial charge in [-0.15, -0.1) is 0 Å². The molecule has 2 saturated carbocycles. The SMILES string of the molecule is CC(C)(C)OC(=O)N[C@H](Cc1ccc(Cl)cc1)C(=O)N1CCC(CN=C(N)N)(C2CCCCC2)CC1.NC(N)=NCC1(C2CCCCC2)CCN(C(=O)[C@H](N)Cc2ccc(Cl)cc2)CC1. The van der Waals surface area contributed by atoms with Crippen LogP contribution in [-0.4, -0.2) is 96.6 Å². The van der Waals surface area contributed by atoms with Gasteiger partial charge in [0.2, 0.25) is 11.8 Å². The first-order valence-electron chi connectivity index (χ1n) is 23.8. The van der Waals surface area contributed by atoms with Crippen molar-refractivity contribution in [2.24, 2.45) is 61.3 Å². The molecule has 2 heterocycles. The van der Waals surface area contributed by atoms with Gasteiger partial charge in [0.05, 0.1) is 6.04 Å². The summed E-state index contributed by atoms with van der Waals surface area (Å²) in [5.74, 6) is 1.40. The molecular formula is C49H76Cl2N10O4. The molecule has 360 valence electrons. The van der Waals surface area contributed by atoms with Crippen molar-refractivity contribution < 1.29 is 19.1 Å². The van der Waals surface area contributed by atoms with Gasteiger partial charge in [0.1, 0.15) is 11.6 Å². The molecule has 3 amide bonds. The summed E-state index contributed by atoms with van der Waals surface area (Å²) in [6.07, 6.45) is 16.3. The van der Waals surface area contributed by atoms with E-state index in [2.05, 4.69) is 15.3 Å². The van der Waals surface area contributed by atoms with Gasteiger partial charge in [-0.1, -0.05) is 86.0 Å². The van der Waals surface area contributed by atoms with Crippen molar-refractivity contribution in [2.75, 3.05) is 39.3 Å². The van der Waals surface area contributed by atoms with Crippen LogP contribution in [0.4, 0.5) is 4.79 Å². The first-order valence-corrected chi connectivity index (χ1v) is 24.5. The molecule has 6 rings (SSSR count). The van der Waals surface area contributed by atoms with Crippen LogP contribution in [0, 0.1) is 22.7 Å². The predicted octanol–water partition coefficient (Wildman–Crippen LogP) is 6.91. The van der Waals surface area contributed by atoms with Gasteiger partial charge in [-0.3, -0.25) is 19.6 Å². The van der Waals surface area contributed by atoms with E-state index >= 15 is 0 Å². The molecule has 2 saturated heterocycles. The number of hydrogen-bond donors (Lipinski definition) is 6. The molecule has 2 aromatic rings. The first-order chi connectivity index (χ1) is 30.9. The minimum Gasteiger partial charge on any atom is -0.444 e. The lowest BCUT2D eigenvalue weighted by Crippen LogP contribution is -2.55.